The van der Waals surface area contributed by atoms with Crippen molar-refractivity contribution in [3.8, 4) is 0 Å². The quantitative estimate of drug-likeness (QED) is 0.648. The van der Waals surface area contributed by atoms with Gasteiger partial charge in [-0.05, 0) is 19.1 Å². The summed E-state index contributed by atoms with van der Waals surface area (Å²) in [6.45, 7) is 2.11. The molecule has 86 valence electrons. The van der Waals surface area contributed by atoms with Crippen molar-refractivity contribution in [1.82, 2.24) is 0 Å². The van der Waals surface area contributed by atoms with Crippen molar-refractivity contribution in [2.45, 2.75) is 6.92 Å². The van der Waals surface area contributed by atoms with E-state index in [2.05, 4.69) is 0 Å². The smallest absolute Gasteiger partial charge is 0.342 e. The summed E-state index contributed by atoms with van der Waals surface area (Å²) in [6.07, 6.45) is 1.39. The molecular weight excluding hydrogens is 230 g/mol. The Kier molecular flexibility index (Phi) is 3.79. The number of halogens is 1. The van der Waals surface area contributed by atoms with Crippen molar-refractivity contribution in [2.75, 3.05) is 12.3 Å². The van der Waals surface area contributed by atoms with Gasteiger partial charge in [0, 0.05) is 17.1 Å². The molecule has 16 heavy (non-hydrogen) atoms. The third-order valence-electron chi connectivity index (χ3n) is 2.09. The summed E-state index contributed by atoms with van der Waals surface area (Å²) in [5.74, 6) is -0.374. The van der Waals surface area contributed by atoms with Gasteiger partial charge in [-0.2, -0.15) is 0 Å². The van der Waals surface area contributed by atoms with Crippen LogP contribution >= 0.6 is 12.4 Å². The summed E-state index contributed by atoms with van der Waals surface area (Å²) in [4.78, 5) is 11.5. The zero-order valence-corrected chi connectivity index (χ0v) is 9.54. The number of nitrogens with two attached hydrogens (primary N) is 1. The van der Waals surface area contributed by atoms with E-state index >= 15 is 0 Å². The highest BCUT2D eigenvalue weighted by molar-refractivity contribution is 6.03. The Morgan fingerprint density at radius 2 is 2.25 bits per heavy atom. The first-order valence-electron chi connectivity index (χ1n) is 4.66. The monoisotopic (exact) mass is 241 g/mol. The van der Waals surface area contributed by atoms with Crippen LogP contribution in [0.15, 0.2) is 28.9 Å². The first kappa shape index (κ1) is 12.4. The van der Waals surface area contributed by atoms with Gasteiger partial charge in [0.05, 0.1) is 6.61 Å². The summed E-state index contributed by atoms with van der Waals surface area (Å²) in [7, 11) is 0. The molecule has 0 fully saturated rings. The molecule has 0 spiro atoms. The fraction of sp³-hybridized carbons (Fsp3) is 0.182. The average Bonchev–Trinajstić information content (AvgIpc) is 2.60. The van der Waals surface area contributed by atoms with Crippen molar-refractivity contribution in [2.24, 2.45) is 0 Å². The predicted octanol–water partition coefficient (Wildman–Crippen LogP) is 2.61. The number of furan rings is 1. The van der Waals surface area contributed by atoms with Gasteiger partial charge in [-0.15, -0.1) is 12.4 Å². The van der Waals surface area contributed by atoms with E-state index in [0.717, 1.165) is 5.39 Å². The molecule has 0 saturated carbocycles. The third-order valence-corrected chi connectivity index (χ3v) is 2.09. The number of hydrogen-bond donors (Lipinski definition) is 1. The molecule has 0 atom stereocenters. The molecule has 0 unspecified atom stereocenters. The standard InChI is InChI=1S/C11H11NO3.ClH/c1-2-14-11(13)9-6-15-10-5-7(12)3-4-8(9)10;/h3-6H,2,12H2,1H3;1H. The van der Waals surface area contributed by atoms with Crippen LogP contribution in [0.2, 0.25) is 0 Å². The van der Waals surface area contributed by atoms with E-state index in [1.165, 1.54) is 6.26 Å². The summed E-state index contributed by atoms with van der Waals surface area (Å²) in [6, 6.07) is 5.15. The Bertz CT molecular complexity index is 507. The number of rotatable bonds is 2. The van der Waals surface area contributed by atoms with E-state index in [1.54, 1.807) is 25.1 Å². The predicted molar refractivity (Wildman–Crippen MR) is 63.8 cm³/mol. The van der Waals surface area contributed by atoms with Gasteiger partial charge in [0.1, 0.15) is 17.4 Å². The van der Waals surface area contributed by atoms with Gasteiger partial charge in [0.25, 0.3) is 0 Å². The second-order valence-corrected chi connectivity index (χ2v) is 3.13. The van der Waals surface area contributed by atoms with Gasteiger partial charge in [-0.25, -0.2) is 4.79 Å². The SMILES string of the molecule is CCOC(=O)c1coc2cc(N)ccc12.Cl. The molecule has 1 heterocycles. The normalized spacial score (nSPS) is 9.81. The zero-order chi connectivity index (χ0) is 10.8. The van der Waals surface area contributed by atoms with Crippen LogP contribution in [0.4, 0.5) is 5.69 Å². The molecule has 0 aliphatic carbocycles. The lowest BCUT2D eigenvalue weighted by atomic mass is 10.1. The lowest BCUT2D eigenvalue weighted by Crippen LogP contribution is -2.03. The number of ether oxygens (including phenoxy) is 1. The van der Waals surface area contributed by atoms with Crippen molar-refractivity contribution >= 4 is 35.0 Å². The van der Waals surface area contributed by atoms with Crippen molar-refractivity contribution in [1.29, 1.82) is 0 Å². The number of carbonyl (C=O) groups excluding carboxylic acids is 1. The average molecular weight is 242 g/mol. The molecule has 0 bridgehead atoms. The maximum Gasteiger partial charge on any atom is 0.342 e. The van der Waals surface area contributed by atoms with Crippen LogP contribution in [0.3, 0.4) is 0 Å². The molecule has 2 aromatic rings. The second kappa shape index (κ2) is 4.90. The van der Waals surface area contributed by atoms with Crippen LogP contribution in [-0.4, -0.2) is 12.6 Å². The van der Waals surface area contributed by atoms with Gasteiger partial charge in [0.2, 0.25) is 0 Å². The van der Waals surface area contributed by atoms with Crippen LogP contribution in [-0.2, 0) is 4.74 Å². The van der Waals surface area contributed by atoms with Crippen LogP contribution < -0.4 is 5.73 Å². The highest BCUT2D eigenvalue weighted by Gasteiger charge is 2.14. The number of fused-ring (bicyclic) bond motifs is 1. The van der Waals surface area contributed by atoms with Crippen LogP contribution in [0, 0.1) is 0 Å². The van der Waals surface area contributed by atoms with E-state index in [0.29, 0.717) is 23.4 Å². The molecule has 0 saturated heterocycles. The molecule has 2 rings (SSSR count). The number of anilines is 1. The maximum atomic E-state index is 11.5. The first-order chi connectivity index (χ1) is 7.22. The van der Waals surface area contributed by atoms with Gasteiger partial charge >= 0.3 is 5.97 Å². The highest BCUT2D eigenvalue weighted by Crippen LogP contribution is 2.23. The lowest BCUT2D eigenvalue weighted by Gasteiger charge is -1.98. The van der Waals surface area contributed by atoms with E-state index < -0.39 is 0 Å². The van der Waals surface area contributed by atoms with Crippen LogP contribution in [0.1, 0.15) is 17.3 Å². The molecule has 0 radical (unpaired) electrons. The van der Waals surface area contributed by atoms with Gasteiger partial charge < -0.3 is 14.9 Å². The Hall–Kier alpha value is -1.68. The largest absolute Gasteiger partial charge is 0.463 e. The molecule has 1 aromatic carbocycles. The molecule has 0 aliphatic heterocycles. The summed E-state index contributed by atoms with van der Waals surface area (Å²) >= 11 is 0. The Labute approximate surface area is 98.8 Å². The number of nitrogen functional groups attached to an aromatic ring is 1. The van der Waals surface area contributed by atoms with Crippen LogP contribution in [0.25, 0.3) is 11.0 Å². The van der Waals surface area contributed by atoms with Gasteiger partial charge in [-0.1, -0.05) is 0 Å². The van der Waals surface area contributed by atoms with E-state index in [-0.39, 0.29) is 18.4 Å². The van der Waals surface area contributed by atoms with Crippen molar-refractivity contribution in [3.05, 3.63) is 30.0 Å². The number of benzene rings is 1. The van der Waals surface area contributed by atoms with Crippen LogP contribution in [0.5, 0.6) is 0 Å². The molecule has 5 heteroatoms. The molecule has 1 aromatic heterocycles. The third kappa shape index (κ3) is 2.12. The highest BCUT2D eigenvalue weighted by atomic mass is 35.5. The summed E-state index contributed by atoms with van der Waals surface area (Å²) in [5, 5.41) is 0.725. The fourth-order valence-corrected chi connectivity index (χ4v) is 1.41. The Balaban J connectivity index is 0.00000128. The van der Waals surface area contributed by atoms with E-state index in [1.807, 2.05) is 0 Å². The van der Waals surface area contributed by atoms with Gasteiger partial charge in [-0.3, -0.25) is 0 Å². The number of esters is 1. The minimum Gasteiger partial charge on any atom is -0.463 e. The molecule has 4 nitrogen and oxygen atoms in total. The van der Waals surface area contributed by atoms with E-state index in [4.69, 9.17) is 14.9 Å². The Morgan fingerprint density at radius 1 is 1.50 bits per heavy atom. The minimum atomic E-state index is -0.374. The lowest BCUT2D eigenvalue weighted by molar-refractivity contribution is 0.0527. The Morgan fingerprint density at radius 3 is 2.94 bits per heavy atom. The number of carbonyl (C=O) groups is 1. The minimum absolute atomic E-state index is 0. The topological polar surface area (TPSA) is 65.5 Å². The summed E-state index contributed by atoms with van der Waals surface area (Å²) < 4.78 is 10.1. The first-order valence-corrected chi connectivity index (χ1v) is 4.66. The number of hydrogen-bond acceptors (Lipinski definition) is 4. The molecular formula is C11H12ClNO3. The molecule has 0 aliphatic rings. The fourth-order valence-electron chi connectivity index (χ4n) is 1.41. The van der Waals surface area contributed by atoms with Crippen molar-refractivity contribution < 1.29 is 13.9 Å². The second-order valence-electron chi connectivity index (χ2n) is 3.13. The zero-order valence-electron chi connectivity index (χ0n) is 8.73. The maximum absolute atomic E-state index is 11.5. The molecule has 0 amide bonds. The van der Waals surface area contributed by atoms with Gasteiger partial charge in [0.15, 0.2) is 0 Å². The molecule has 2 N–H and O–H groups in total. The summed E-state index contributed by atoms with van der Waals surface area (Å²) in [5.41, 5.74) is 7.23. The van der Waals surface area contributed by atoms with Crippen molar-refractivity contribution in [3.63, 3.8) is 0 Å². The van der Waals surface area contributed by atoms with E-state index in [9.17, 15) is 4.79 Å².